The number of carbonyl (C=O) groups is 1. The number of likely N-dealkylation sites (N-methyl/N-ethyl adjacent to an activating group) is 1. The molecule has 1 amide bonds. The first kappa shape index (κ1) is 12.3. The van der Waals surface area contributed by atoms with Crippen LogP contribution in [0.2, 0.25) is 0 Å². The van der Waals surface area contributed by atoms with Gasteiger partial charge < -0.3 is 4.90 Å². The van der Waals surface area contributed by atoms with Crippen molar-refractivity contribution in [2.75, 3.05) is 11.4 Å². The third-order valence-corrected chi connectivity index (χ3v) is 2.76. The van der Waals surface area contributed by atoms with E-state index < -0.39 is 0 Å². The molecule has 18 heavy (non-hydrogen) atoms. The Labute approximate surface area is 107 Å². The van der Waals surface area contributed by atoms with Gasteiger partial charge in [-0.1, -0.05) is 24.3 Å². The maximum absolute atomic E-state index is 12.2. The molecule has 0 atom stereocenters. The summed E-state index contributed by atoms with van der Waals surface area (Å²) in [6.07, 6.45) is 3.83. The smallest absolute Gasteiger partial charge is 0.231 e. The first-order valence-electron chi connectivity index (χ1n) is 6.05. The average Bonchev–Trinajstić information content (AvgIpc) is 2.42. The van der Waals surface area contributed by atoms with E-state index in [4.69, 9.17) is 0 Å². The molecule has 0 aliphatic heterocycles. The van der Waals surface area contributed by atoms with Crippen LogP contribution in [0, 0.1) is 0 Å². The highest BCUT2D eigenvalue weighted by molar-refractivity contribution is 5.94. The lowest BCUT2D eigenvalue weighted by Gasteiger charge is -2.20. The molecule has 0 saturated heterocycles. The number of anilines is 1. The summed E-state index contributed by atoms with van der Waals surface area (Å²) in [6.45, 7) is 2.65. The molecule has 2 aromatic rings. The molecule has 3 heteroatoms. The van der Waals surface area contributed by atoms with E-state index in [1.54, 1.807) is 17.3 Å². The third-order valence-electron chi connectivity index (χ3n) is 2.76. The normalized spacial score (nSPS) is 10.1. The van der Waals surface area contributed by atoms with Crippen molar-refractivity contribution in [1.29, 1.82) is 0 Å². The number of benzene rings is 1. The summed E-state index contributed by atoms with van der Waals surface area (Å²) in [6, 6.07) is 13.5. The average molecular weight is 240 g/mol. The molecule has 0 N–H and O–H groups in total. The Kier molecular flexibility index (Phi) is 4.07. The van der Waals surface area contributed by atoms with Crippen molar-refractivity contribution in [2.45, 2.75) is 13.3 Å². The van der Waals surface area contributed by atoms with E-state index in [9.17, 15) is 4.79 Å². The third kappa shape index (κ3) is 2.94. The molecule has 0 aliphatic carbocycles. The van der Waals surface area contributed by atoms with Crippen molar-refractivity contribution >= 4 is 11.6 Å². The van der Waals surface area contributed by atoms with E-state index in [0.717, 1.165) is 11.3 Å². The molecule has 3 nitrogen and oxygen atoms in total. The van der Waals surface area contributed by atoms with Crippen molar-refractivity contribution in [3.8, 4) is 0 Å². The lowest BCUT2D eigenvalue weighted by atomic mass is 10.2. The number of para-hydroxylation sites is 1. The summed E-state index contributed by atoms with van der Waals surface area (Å²) < 4.78 is 0. The molecule has 0 fully saturated rings. The summed E-state index contributed by atoms with van der Waals surface area (Å²) in [5.74, 6) is 0.0942. The molecule has 0 radical (unpaired) electrons. The Bertz CT molecular complexity index is 496. The Balaban J connectivity index is 2.12. The van der Waals surface area contributed by atoms with E-state index in [0.29, 0.717) is 13.0 Å². The van der Waals surface area contributed by atoms with Crippen LogP contribution in [-0.4, -0.2) is 17.4 Å². The number of rotatable bonds is 4. The van der Waals surface area contributed by atoms with Crippen molar-refractivity contribution < 1.29 is 4.79 Å². The standard InChI is InChI=1S/C15H16N2O/c1-2-17(14-8-4-3-5-9-14)15(18)11-13-7-6-10-16-12-13/h3-10,12H,2,11H2,1H3. The molecular formula is C15H16N2O. The van der Waals surface area contributed by atoms with E-state index in [-0.39, 0.29) is 5.91 Å². The summed E-state index contributed by atoms with van der Waals surface area (Å²) in [5.41, 5.74) is 1.88. The summed E-state index contributed by atoms with van der Waals surface area (Å²) in [4.78, 5) is 18.1. The Morgan fingerprint density at radius 3 is 2.56 bits per heavy atom. The largest absolute Gasteiger partial charge is 0.312 e. The first-order valence-corrected chi connectivity index (χ1v) is 6.05. The molecule has 0 saturated carbocycles. The number of pyridine rings is 1. The maximum atomic E-state index is 12.2. The van der Waals surface area contributed by atoms with Crippen LogP contribution in [0.4, 0.5) is 5.69 Å². The van der Waals surface area contributed by atoms with Gasteiger partial charge in [0.25, 0.3) is 0 Å². The SMILES string of the molecule is CCN(C(=O)Cc1cccnc1)c1ccccc1. The predicted molar refractivity (Wildman–Crippen MR) is 72.4 cm³/mol. The zero-order valence-electron chi connectivity index (χ0n) is 10.4. The molecule has 92 valence electrons. The van der Waals surface area contributed by atoms with Gasteiger partial charge in [0.15, 0.2) is 0 Å². The molecule has 0 aliphatic rings. The number of hydrogen-bond acceptors (Lipinski definition) is 2. The number of amides is 1. The Morgan fingerprint density at radius 2 is 1.94 bits per heavy atom. The van der Waals surface area contributed by atoms with Crippen molar-refractivity contribution in [1.82, 2.24) is 4.98 Å². The Morgan fingerprint density at radius 1 is 1.17 bits per heavy atom. The minimum atomic E-state index is 0.0942. The second-order valence-electron chi connectivity index (χ2n) is 4.01. The van der Waals surface area contributed by atoms with Gasteiger partial charge in [0.2, 0.25) is 5.91 Å². The minimum Gasteiger partial charge on any atom is -0.312 e. The van der Waals surface area contributed by atoms with Gasteiger partial charge in [-0.25, -0.2) is 0 Å². The quantitative estimate of drug-likeness (QED) is 0.823. The van der Waals surface area contributed by atoms with Crippen LogP contribution >= 0.6 is 0 Å². The first-order chi connectivity index (χ1) is 8.81. The molecular weight excluding hydrogens is 224 g/mol. The zero-order chi connectivity index (χ0) is 12.8. The fourth-order valence-corrected chi connectivity index (χ4v) is 1.88. The monoisotopic (exact) mass is 240 g/mol. The molecule has 2 rings (SSSR count). The number of aromatic nitrogens is 1. The molecule has 0 unspecified atom stereocenters. The molecule has 1 heterocycles. The van der Waals surface area contributed by atoms with Gasteiger partial charge >= 0.3 is 0 Å². The summed E-state index contributed by atoms with van der Waals surface area (Å²) in [5, 5.41) is 0. The predicted octanol–water partition coefficient (Wildman–Crippen LogP) is 2.68. The topological polar surface area (TPSA) is 33.2 Å². The lowest BCUT2D eigenvalue weighted by Crippen LogP contribution is -2.31. The minimum absolute atomic E-state index is 0.0942. The molecule has 1 aromatic carbocycles. The number of hydrogen-bond donors (Lipinski definition) is 0. The van der Waals surface area contributed by atoms with Crippen LogP contribution in [0.3, 0.4) is 0 Å². The van der Waals surface area contributed by atoms with Gasteiger partial charge in [-0.3, -0.25) is 9.78 Å². The van der Waals surface area contributed by atoms with Crippen molar-refractivity contribution in [3.05, 3.63) is 60.4 Å². The van der Waals surface area contributed by atoms with Crippen LogP contribution < -0.4 is 4.90 Å². The van der Waals surface area contributed by atoms with Crippen LogP contribution in [0.25, 0.3) is 0 Å². The van der Waals surface area contributed by atoms with Gasteiger partial charge in [0.1, 0.15) is 0 Å². The highest BCUT2D eigenvalue weighted by atomic mass is 16.2. The fourth-order valence-electron chi connectivity index (χ4n) is 1.88. The maximum Gasteiger partial charge on any atom is 0.231 e. The van der Waals surface area contributed by atoms with Crippen LogP contribution in [0.1, 0.15) is 12.5 Å². The molecule has 1 aromatic heterocycles. The van der Waals surface area contributed by atoms with E-state index in [2.05, 4.69) is 4.98 Å². The van der Waals surface area contributed by atoms with Crippen molar-refractivity contribution in [2.24, 2.45) is 0 Å². The Hall–Kier alpha value is -2.16. The highest BCUT2D eigenvalue weighted by Gasteiger charge is 2.13. The summed E-state index contributed by atoms with van der Waals surface area (Å²) >= 11 is 0. The fraction of sp³-hybridized carbons (Fsp3) is 0.200. The second-order valence-corrected chi connectivity index (χ2v) is 4.01. The van der Waals surface area contributed by atoms with Gasteiger partial charge in [-0.2, -0.15) is 0 Å². The lowest BCUT2D eigenvalue weighted by molar-refractivity contribution is -0.117. The van der Waals surface area contributed by atoms with Gasteiger partial charge in [-0.05, 0) is 30.7 Å². The van der Waals surface area contributed by atoms with E-state index >= 15 is 0 Å². The van der Waals surface area contributed by atoms with Gasteiger partial charge in [0.05, 0.1) is 6.42 Å². The van der Waals surface area contributed by atoms with Crippen LogP contribution in [-0.2, 0) is 11.2 Å². The number of nitrogens with zero attached hydrogens (tertiary/aromatic N) is 2. The molecule has 0 bridgehead atoms. The highest BCUT2D eigenvalue weighted by Crippen LogP contribution is 2.14. The second kappa shape index (κ2) is 5.96. The van der Waals surface area contributed by atoms with Crippen LogP contribution in [0.5, 0.6) is 0 Å². The molecule has 0 spiro atoms. The summed E-state index contributed by atoms with van der Waals surface area (Å²) in [7, 11) is 0. The van der Waals surface area contributed by atoms with E-state index in [1.165, 1.54) is 0 Å². The van der Waals surface area contributed by atoms with Gasteiger partial charge in [-0.15, -0.1) is 0 Å². The van der Waals surface area contributed by atoms with Crippen molar-refractivity contribution in [3.63, 3.8) is 0 Å². The van der Waals surface area contributed by atoms with Crippen LogP contribution in [0.15, 0.2) is 54.9 Å². The van der Waals surface area contributed by atoms with E-state index in [1.807, 2.05) is 49.4 Å². The van der Waals surface area contributed by atoms with Gasteiger partial charge in [0, 0.05) is 24.6 Å². The number of carbonyl (C=O) groups excluding carboxylic acids is 1. The zero-order valence-corrected chi connectivity index (χ0v) is 10.4.